The van der Waals surface area contributed by atoms with Crippen LogP contribution in [0.2, 0.25) is 0 Å². The topological polar surface area (TPSA) is 55.8 Å². The lowest BCUT2D eigenvalue weighted by Gasteiger charge is -2.34. The second-order valence-corrected chi connectivity index (χ2v) is 7.10. The van der Waals surface area contributed by atoms with E-state index in [-0.39, 0.29) is 12.1 Å². The van der Waals surface area contributed by atoms with E-state index in [2.05, 4.69) is 17.1 Å². The van der Waals surface area contributed by atoms with Gasteiger partial charge in [0.25, 0.3) is 0 Å². The predicted molar refractivity (Wildman–Crippen MR) is 88.9 cm³/mol. The average Bonchev–Trinajstić information content (AvgIpc) is 2.51. The van der Waals surface area contributed by atoms with Gasteiger partial charge >= 0.3 is 6.03 Å². The van der Waals surface area contributed by atoms with Crippen molar-refractivity contribution in [1.29, 1.82) is 0 Å². The number of piperidine rings is 2. The summed E-state index contributed by atoms with van der Waals surface area (Å²) in [5.74, 6) is 0.301. The molecule has 2 saturated heterocycles. The van der Waals surface area contributed by atoms with Crippen LogP contribution in [0.15, 0.2) is 0 Å². The van der Waals surface area contributed by atoms with Crippen molar-refractivity contribution in [2.24, 2.45) is 5.92 Å². The molecule has 0 aromatic carbocycles. The molecule has 0 aromatic rings. The number of nitrogens with zero attached hydrogens (tertiary/aromatic N) is 2. The van der Waals surface area contributed by atoms with Gasteiger partial charge in [-0.1, -0.05) is 13.3 Å². The molecule has 5 nitrogen and oxygen atoms in total. The summed E-state index contributed by atoms with van der Waals surface area (Å²) < 4.78 is 0. The minimum absolute atomic E-state index is 0.0164. The molecule has 128 valence electrons. The fourth-order valence-corrected chi connectivity index (χ4v) is 3.47. The first kappa shape index (κ1) is 17.5. The third-order valence-electron chi connectivity index (χ3n) is 5.29. The van der Waals surface area contributed by atoms with Crippen LogP contribution in [-0.4, -0.2) is 65.8 Å². The lowest BCUT2D eigenvalue weighted by atomic mass is 9.96. The Morgan fingerprint density at radius 2 is 2.00 bits per heavy atom. The minimum Gasteiger partial charge on any atom is -0.391 e. The molecular formula is C17H33N3O2. The Balaban J connectivity index is 1.55. The molecule has 22 heavy (non-hydrogen) atoms. The Kier molecular flexibility index (Phi) is 6.96. The van der Waals surface area contributed by atoms with Gasteiger partial charge in [-0.25, -0.2) is 4.79 Å². The van der Waals surface area contributed by atoms with Gasteiger partial charge in [-0.2, -0.15) is 0 Å². The number of likely N-dealkylation sites (tertiary alicyclic amines) is 2. The molecule has 0 radical (unpaired) electrons. The fourth-order valence-electron chi connectivity index (χ4n) is 3.47. The van der Waals surface area contributed by atoms with Gasteiger partial charge in [0.15, 0.2) is 0 Å². The molecule has 2 rings (SSSR count). The largest absolute Gasteiger partial charge is 0.391 e. The van der Waals surface area contributed by atoms with Gasteiger partial charge in [0.05, 0.1) is 6.10 Å². The second kappa shape index (κ2) is 8.73. The van der Waals surface area contributed by atoms with E-state index in [4.69, 9.17) is 0 Å². The first-order chi connectivity index (χ1) is 10.6. The number of nitrogens with one attached hydrogen (secondary N) is 1. The molecule has 0 saturated carbocycles. The molecule has 2 amide bonds. The Labute approximate surface area is 135 Å². The van der Waals surface area contributed by atoms with Crippen LogP contribution in [0.5, 0.6) is 0 Å². The van der Waals surface area contributed by atoms with Crippen molar-refractivity contribution in [3.63, 3.8) is 0 Å². The van der Waals surface area contributed by atoms with Crippen LogP contribution in [0.4, 0.5) is 4.79 Å². The number of unbranched alkanes of at least 4 members (excludes halogenated alkanes) is 1. The Morgan fingerprint density at radius 3 is 2.73 bits per heavy atom. The Morgan fingerprint density at radius 1 is 1.18 bits per heavy atom. The van der Waals surface area contributed by atoms with Crippen LogP contribution < -0.4 is 5.32 Å². The quantitative estimate of drug-likeness (QED) is 0.764. The molecule has 0 spiro atoms. The number of rotatable bonds is 5. The van der Waals surface area contributed by atoms with Crippen LogP contribution in [0.25, 0.3) is 0 Å². The van der Waals surface area contributed by atoms with Crippen molar-refractivity contribution in [2.45, 2.75) is 64.5 Å². The van der Waals surface area contributed by atoms with Crippen molar-refractivity contribution in [1.82, 2.24) is 15.1 Å². The maximum atomic E-state index is 12.1. The van der Waals surface area contributed by atoms with E-state index in [9.17, 15) is 9.90 Å². The van der Waals surface area contributed by atoms with Gasteiger partial charge in [0.2, 0.25) is 0 Å². The average molecular weight is 311 g/mol. The van der Waals surface area contributed by atoms with Crippen molar-refractivity contribution in [2.75, 3.05) is 32.7 Å². The molecule has 2 aliphatic heterocycles. The predicted octanol–water partition coefficient (Wildman–Crippen LogP) is 2.05. The third-order valence-corrected chi connectivity index (χ3v) is 5.29. The van der Waals surface area contributed by atoms with Crippen LogP contribution in [0, 0.1) is 5.92 Å². The zero-order valence-electron chi connectivity index (χ0n) is 14.3. The highest BCUT2D eigenvalue weighted by atomic mass is 16.3. The number of hydrogen-bond donors (Lipinski definition) is 2. The van der Waals surface area contributed by atoms with Crippen LogP contribution in [0.3, 0.4) is 0 Å². The molecule has 0 aromatic heterocycles. The first-order valence-electron chi connectivity index (χ1n) is 9.03. The molecule has 3 unspecified atom stereocenters. The summed E-state index contributed by atoms with van der Waals surface area (Å²) in [5.41, 5.74) is 0. The molecule has 2 heterocycles. The van der Waals surface area contributed by atoms with Crippen molar-refractivity contribution in [3.05, 3.63) is 0 Å². The maximum Gasteiger partial charge on any atom is 0.317 e. The summed E-state index contributed by atoms with van der Waals surface area (Å²) in [6.45, 7) is 8.72. The second-order valence-electron chi connectivity index (χ2n) is 7.10. The van der Waals surface area contributed by atoms with E-state index in [0.717, 1.165) is 44.9 Å². The Bertz CT molecular complexity index is 351. The number of amides is 2. The van der Waals surface area contributed by atoms with E-state index in [1.807, 2.05) is 6.92 Å². The highest BCUT2D eigenvalue weighted by Gasteiger charge is 2.26. The number of carbonyl (C=O) groups excluding carboxylic acids is 1. The van der Waals surface area contributed by atoms with Crippen molar-refractivity contribution in [3.8, 4) is 0 Å². The van der Waals surface area contributed by atoms with Gasteiger partial charge in [-0.05, 0) is 58.0 Å². The molecule has 3 atom stereocenters. The number of aliphatic hydroxyl groups excluding tert-OH is 1. The zero-order valence-corrected chi connectivity index (χ0v) is 14.3. The summed E-state index contributed by atoms with van der Waals surface area (Å²) >= 11 is 0. The van der Waals surface area contributed by atoms with E-state index < -0.39 is 0 Å². The summed E-state index contributed by atoms with van der Waals surface area (Å²) in [6, 6.07) is 0.706. The molecule has 2 N–H and O–H groups in total. The summed E-state index contributed by atoms with van der Waals surface area (Å²) in [4.78, 5) is 16.4. The molecule has 0 bridgehead atoms. The SMILES string of the molecule is CC1CCN(C(=O)NCCCCN2CCCCC2C)CC1O. The monoisotopic (exact) mass is 311 g/mol. The van der Waals surface area contributed by atoms with Gasteiger partial charge in [-0.3, -0.25) is 0 Å². The highest BCUT2D eigenvalue weighted by molar-refractivity contribution is 5.74. The van der Waals surface area contributed by atoms with Crippen molar-refractivity contribution < 1.29 is 9.90 Å². The maximum absolute atomic E-state index is 12.1. The Hall–Kier alpha value is -0.810. The first-order valence-corrected chi connectivity index (χ1v) is 9.03. The third kappa shape index (κ3) is 5.13. The number of β-amino-alcohol motifs (C(OH)–C–C–N with tert-alkyl or cyclic N) is 1. The number of aliphatic hydroxyl groups is 1. The van der Waals surface area contributed by atoms with Gasteiger partial charge in [0, 0.05) is 25.7 Å². The van der Waals surface area contributed by atoms with E-state index >= 15 is 0 Å². The smallest absolute Gasteiger partial charge is 0.317 e. The normalized spacial score (nSPS) is 30.3. The van der Waals surface area contributed by atoms with E-state index in [1.165, 1.54) is 25.8 Å². The van der Waals surface area contributed by atoms with Crippen LogP contribution in [-0.2, 0) is 0 Å². The number of hydrogen-bond acceptors (Lipinski definition) is 3. The van der Waals surface area contributed by atoms with Crippen LogP contribution in [0.1, 0.15) is 52.4 Å². The van der Waals surface area contributed by atoms with Gasteiger partial charge in [-0.15, -0.1) is 0 Å². The van der Waals surface area contributed by atoms with E-state index in [1.54, 1.807) is 4.90 Å². The van der Waals surface area contributed by atoms with E-state index in [0.29, 0.717) is 12.5 Å². The van der Waals surface area contributed by atoms with Gasteiger partial charge < -0.3 is 20.2 Å². The lowest BCUT2D eigenvalue weighted by molar-refractivity contribution is 0.0436. The summed E-state index contributed by atoms with van der Waals surface area (Å²) in [6.07, 6.45) is 6.71. The summed E-state index contributed by atoms with van der Waals surface area (Å²) in [7, 11) is 0. The highest BCUT2D eigenvalue weighted by Crippen LogP contribution is 2.17. The molecule has 2 fully saturated rings. The lowest BCUT2D eigenvalue weighted by Crippen LogP contribution is -2.49. The van der Waals surface area contributed by atoms with Crippen LogP contribution >= 0.6 is 0 Å². The zero-order chi connectivity index (χ0) is 15.9. The number of urea groups is 1. The molecule has 5 heteroatoms. The minimum atomic E-state index is -0.375. The number of carbonyl (C=O) groups is 1. The summed E-state index contributed by atoms with van der Waals surface area (Å²) in [5, 5.41) is 12.8. The van der Waals surface area contributed by atoms with Gasteiger partial charge in [0.1, 0.15) is 0 Å². The molecular weight excluding hydrogens is 278 g/mol. The molecule has 0 aliphatic carbocycles. The standard InChI is InChI=1S/C17H33N3O2/c1-14-8-12-20(13-16(14)21)17(22)18-9-4-6-11-19-10-5-3-7-15(19)2/h14-16,21H,3-13H2,1-2H3,(H,18,22). The van der Waals surface area contributed by atoms with Crippen molar-refractivity contribution >= 4 is 6.03 Å². The molecule has 2 aliphatic rings. The fraction of sp³-hybridized carbons (Fsp3) is 0.941.